The summed E-state index contributed by atoms with van der Waals surface area (Å²) in [4.78, 5) is 42.9. The number of benzene rings is 3. The van der Waals surface area contributed by atoms with Crippen molar-refractivity contribution in [2.24, 2.45) is 11.8 Å². The highest BCUT2D eigenvalue weighted by molar-refractivity contribution is 6.08. The molecule has 0 radical (unpaired) electrons. The predicted molar refractivity (Wildman–Crippen MR) is 125 cm³/mol. The van der Waals surface area contributed by atoms with E-state index in [0.29, 0.717) is 5.69 Å². The van der Waals surface area contributed by atoms with Crippen molar-refractivity contribution in [2.45, 2.75) is 25.7 Å². The van der Waals surface area contributed by atoms with Gasteiger partial charge in [0.1, 0.15) is 6.67 Å². The third-order valence-corrected chi connectivity index (χ3v) is 7.52. The van der Waals surface area contributed by atoms with E-state index in [2.05, 4.69) is 24.3 Å². The fraction of sp³-hybridized carbons (Fsp3) is 0.250. The Morgan fingerprint density at radius 3 is 1.70 bits per heavy atom. The van der Waals surface area contributed by atoms with Gasteiger partial charge in [-0.15, -0.1) is 0 Å². The third-order valence-electron chi connectivity index (χ3n) is 7.52. The quantitative estimate of drug-likeness (QED) is 0.579. The number of amides is 3. The molecule has 3 aliphatic carbocycles. The van der Waals surface area contributed by atoms with Crippen molar-refractivity contribution in [1.29, 1.82) is 0 Å². The predicted octanol–water partition coefficient (Wildman–Crippen LogP) is 4.20. The molecule has 0 N–H and O–H groups in total. The minimum atomic E-state index is -0.432. The van der Waals surface area contributed by atoms with E-state index in [1.165, 1.54) is 16.7 Å². The van der Waals surface area contributed by atoms with Crippen LogP contribution in [-0.2, 0) is 14.4 Å². The fourth-order valence-electron chi connectivity index (χ4n) is 6.18. The van der Waals surface area contributed by atoms with Crippen LogP contribution in [0.15, 0.2) is 72.8 Å². The highest BCUT2D eigenvalue weighted by Gasteiger charge is 2.61. The molecule has 3 aromatic rings. The first-order chi connectivity index (χ1) is 16.0. The molecular formula is C28H24N2O3. The Balaban J connectivity index is 1.43. The zero-order valence-electron chi connectivity index (χ0n) is 18.6. The van der Waals surface area contributed by atoms with Gasteiger partial charge in [-0.3, -0.25) is 24.2 Å². The van der Waals surface area contributed by atoms with E-state index in [-0.39, 0.29) is 36.2 Å². The highest BCUT2D eigenvalue weighted by atomic mass is 16.2. The molecule has 1 fully saturated rings. The normalized spacial score (nSPS) is 24.4. The molecule has 4 aliphatic rings. The topological polar surface area (TPSA) is 57.7 Å². The molecule has 2 bridgehead atoms. The molecule has 2 atom stereocenters. The van der Waals surface area contributed by atoms with E-state index in [1.54, 1.807) is 0 Å². The zero-order valence-corrected chi connectivity index (χ0v) is 18.6. The van der Waals surface area contributed by atoms with Gasteiger partial charge in [0.05, 0.1) is 11.8 Å². The monoisotopic (exact) mass is 436 g/mol. The summed E-state index contributed by atoms with van der Waals surface area (Å²) in [5, 5.41) is 0. The van der Waals surface area contributed by atoms with Crippen LogP contribution in [0.3, 0.4) is 0 Å². The number of hydrogen-bond acceptors (Lipinski definition) is 3. The molecule has 0 saturated carbocycles. The Labute approximate surface area is 192 Å². The van der Waals surface area contributed by atoms with Crippen LogP contribution in [0.1, 0.15) is 46.6 Å². The molecule has 5 nitrogen and oxygen atoms in total. The number of carbonyl (C=O) groups is 3. The Hall–Kier alpha value is -3.73. The molecule has 1 heterocycles. The van der Waals surface area contributed by atoms with E-state index in [4.69, 9.17) is 0 Å². The standard InChI is InChI=1S/C28H24N2O3/c1-16-8-7-9-18(14-16)29(17(2)31)15-30-27(32)25-23-19-10-3-4-11-20(19)24(26(25)28(30)33)22-13-6-5-12-21(22)23/h3-14,23-26H,15H2,1-2H3/t23?,24?,25-,26-/m1/s1. The molecule has 1 aliphatic heterocycles. The van der Waals surface area contributed by atoms with Gasteiger partial charge in [0.15, 0.2) is 0 Å². The summed E-state index contributed by atoms with van der Waals surface area (Å²) in [6, 6.07) is 23.9. The maximum absolute atomic E-state index is 13.8. The zero-order chi connectivity index (χ0) is 22.9. The Kier molecular flexibility index (Phi) is 4.31. The summed E-state index contributed by atoms with van der Waals surface area (Å²) in [6.45, 7) is 3.36. The van der Waals surface area contributed by atoms with Crippen LogP contribution in [-0.4, -0.2) is 29.3 Å². The first-order valence-corrected chi connectivity index (χ1v) is 11.3. The summed E-state index contributed by atoms with van der Waals surface area (Å²) in [6.07, 6.45) is 0. The number of imide groups is 1. The highest BCUT2D eigenvalue weighted by Crippen LogP contribution is 2.60. The van der Waals surface area contributed by atoms with Crippen LogP contribution >= 0.6 is 0 Å². The Morgan fingerprint density at radius 2 is 1.27 bits per heavy atom. The molecule has 3 aromatic carbocycles. The molecule has 164 valence electrons. The molecule has 3 amide bonds. The van der Waals surface area contributed by atoms with Crippen LogP contribution in [0.5, 0.6) is 0 Å². The van der Waals surface area contributed by atoms with E-state index in [1.807, 2.05) is 55.5 Å². The third kappa shape index (κ3) is 2.75. The van der Waals surface area contributed by atoms with Gasteiger partial charge in [0.2, 0.25) is 17.7 Å². The second kappa shape index (κ2) is 7.14. The van der Waals surface area contributed by atoms with Gasteiger partial charge in [0.25, 0.3) is 0 Å². The van der Waals surface area contributed by atoms with Crippen molar-refractivity contribution in [3.05, 3.63) is 101 Å². The van der Waals surface area contributed by atoms with Gasteiger partial charge >= 0.3 is 0 Å². The lowest BCUT2D eigenvalue weighted by Gasteiger charge is -2.45. The number of aryl methyl sites for hydroxylation is 1. The van der Waals surface area contributed by atoms with Gasteiger partial charge < -0.3 is 0 Å². The van der Waals surface area contributed by atoms with Crippen molar-refractivity contribution < 1.29 is 14.4 Å². The van der Waals surface area contributed by atoms with Crippen molar-refractivity contribution in [3.63, 3.8) is 0 Å². The first kappa shape index (κ1) is 19.9. The molecule has 1 saturated heterocycles. The number of anilines is 1. The minimum Gasteiger partial charge on any atom is -0.294 e. The Bertz CT molecular complexity index is 1210. The van der Waals surface area contributed by atoms with Gasteiger partial charge in [-0.05, 0) is 46.9 Å². The van der Waals surface area contributed by atoms with Crippen LogP contribution in [0.4, 0.5) is 5.69 Å². The summed E-state index contributed by atoms with van der Waals surface area (Å²) in [7, 11) is 0. The molecular weight excluding hydrogens is 412 g/mol. The summed E-state index contributed by atoms with van der Waals surface area (Å²) in [5.41, 5.74) is 6.28. The average Bonchev–Trinajstić information content (AvgIpc) is 3.07. The van der Waals surface area contributed by atoms with Crippen molar-refractivity contribution in [2.75, 3.05) is 11.6 Å². The van der Waals surface area contributed by atoms with E-state index >= 15 is 0 Å². The smallest absolute Gasteiger partial charge is 0.235 e. The van der Waals surface area contributed by atoms with Crippen molar-refractivity contribution in [3.8, 4) is 0 Å². The number of carbonyl (C=O) groups excluding carboxylic acids is 3. The maximum atomic E-state index is 13.8. The average molecular weight is 437 g/mol. The number of hydrogen-bond donors (Lipinski definition) is 0. The lowest BCUT2D eigenvalue weighted by atomic mass is 9.55. The number of rotatable bonds is 3. The van der Waals surface area contributed by atoms with Crippen LogP contribution in [0.2, 0.25) is 0 Å². The van der Waals surface area contributed by atoms with E-state index in [9.17, 15) is 14.4 Å². The summed E-state index contributed by atoms with van der Waals surface area (Å²) >= 11 is 0. The van der Waals surface area contributed by atoms with Gasteiger partial charge in [0, 0.05) is 24.4 Å². The number of likely N-dealkylation sites (tertiary alicyclic amines) is 1. The minimum absolute atomic E-state index is 0.0599. The van der Waals surface area contributed by atoms with Crippen molar-refractivity contribution in [1.82, 2.24) is 4.90 Å². The van der Waals surface area contributed by atoms with Gasteiger partial charge in [-0.2, -0.15) is 0 Å². The molecule has 0 aromatic heterocycles. The summed E-state index contributed by atoms with van der Waals surface area (Å²) in [5.74, 6) is -1.70. The lowest BCUT2D eigenvalue weighted by Crippen LogP contribution is -2.44. The van der Waals surface area contributed by atoms with Crippen LogP contribution in [0.25, 0.3) is 0 Å². The second-order valence-electron chi connectivity index (χ2n) is 9.30. The lowest BCUT2D eigenvalue weighted by molar-refractivity contribution is -0.140. The fourth-order valence-corrected chi connectivity index (χ4v) is 6.18. The largest absolute Gasteiger partial charge is 0.294 e. The molecule has 7 rings (SSSR count). The van der Waals surface area contributed by atoms with Crippen LogP contribution in [0, 0.1) is 18.8 Å². The van der Waals surface area contributed by atoms with E-state index < -0.39 is 11.8 Å². The molecule has 0 spiro atoms. The van der Waals surface area contributed by atoms with Gasteiger partial charge in [-0.25, -0.2) is 0 Å². The SMILES string of the molecule is CC(=O)N(CN1C(=O)[C@@H]2C3c4ccccc4C(c4ccccc43)[C@H]2C1=O)c1cccc(C)c1. The Morgan fingerprint density at radius 1 is 0.788 bits per heavy atom. The second-order valence-corrected chi connectivity index (χ2v) is 9.30. The van der Waals surface area contributed by atoms with E-state index in [0.717, 1.165) is 27.8 Å². The number of nitrogens with zero attached hydrogens (tertiary/aromatic N) is 2. The summed E-state index contributed by atoms with van der Waals surface area (Å²) < 4.78 is 0. The van der Waals surface area contributed by atoms with Gasteiger partial charge in [-0.1, -0.05) is 60.7 Å². The van der Waals surface area contributed by atoms with Crippen molar-refractivity contribution >= 4 is 23.4 Å². The maximum Gasteiger partial charge on any atom is 0.235 e. The molecule has 0 unspecified atom stereocenters. The molecule has 5 heteroatoms. The van der Waals surface area contributed by atoms with Crippen LogP contribution < -0.4 is 4.90 Å². The molecule has 33 heavy (non-hydrogen) atoms. The first-order valence-electron chi connectivity index (χ1n) is 11.3.